The molecule has 0 amide bonds. The van der Waals surface area contributed by atoms with E-state index in [-0.39, 0.29) is 0 Å². The maximum atomic E-state index is 3.36. The molecule has 2 nitrogen and oxygen atoms in total. The molecule has 0 aromatic heterocycles. The number of rotatable bonds is 7. The van der Waals surface area contributed by atoms with Crippen LogP contribution in [0.2, 0.25) is 0 Å². The van der Waals surface area contributed by atoms with Crippen molar-refractivity contribution in [1.29, 1.82) is 0 Å². The van der Waals surface area contributed by atoms with Crippen molar-refractivity contribution in [3.8, 4) is 0 Å². The van der Waals surface area contributed by atoms with E-state index >= 15 is 0 Å². The monoisotopic (exact) mass is 214 g/mol. The van der Waals surface area contributed by atoms with E-state index in [0.717, 1.165) is 25.6 Å². The Balaban J connectivity index is 3.57. The Morgan fingerprint density at radius 2 is 1.80 bits per heavy atom. The molecule has 0 radical (unpaired) electrons. The van der Waals surface area contributed by atoms with Crippen LogP contribution in [0, 0.1) is 11.3 Å². The van der Waals surface area contributed by atoms with E-state index < -0.39 is 0 Å². The van der Waals surface area contributed by atoms with E-state index in [9.17, 15) is 0 Å². The smallest absolute Gasteiger partial charge is 0.0104 e. The lowest BCUT2D eigenvalue weighted by Crippen LogP contribution is -2.31. The van der Waals surface area contributed by atoms with E-state index in [2.05, 4.69) is 51.9 Å². The molecule has 0 aromatic rings. The minimum Gasteiger partial charge on any atom is -0.316 e. The zero-order valence-electron chi connectivity index (χ0n) is 11.6. The fourth-order valence-corrected chi connectivity index (χ4v) is 1.41. The van der Waals surface area contributed by atoms with Gasteiger partial charge in [-0.2, -0.15) is 0 Å². The van der Waals surface area contributed by atoms with Gasteiger partial charge in [0.25, 0.3) is 0 Å². The Morgan fingerprint density at radius 3 is 2.27 bits per heavy atom. The molecule has 0 aromatic carbocycles. The van der Waals surface area contributed by atoms with Crippen LogP contribution in [0.1, 0.15) is 41.0 Å². The first-order valence-corrected chi connectivity index (χ1v) is 6.27. The number of hydrogen-bond donors (Lipinski definition) is 1. The average molecular weight is 214 g/mol. The molecule has 15 heavy (non-hydrogen) atoms. The van der Waals surface area contributed by atoms with Gasteiger partial charge in [-0.1, -0.05) is 34.6 Å². The quantitative estimate of drug-likeness (QED) is 0.655. The zero-order chi connectivity index (χ0) is 11.9. The third-order valence-corrected chi connectivity index (χ3v) is 3.34. The van der Waals surface area contributed by atoms with Crippen LogP contribution in [0.4, 0.5) is 0 Å². The van der Waals surface area contributed by atoms with Gasteiger partial charge in [0.15, 0.2) is 0 Å². The Kier molecular flexibility index (Phi) is 7.20. The molecule has 0 aliphatic rings. The number of likely N-dealkylation sites (N-methyl/N-ethyl adjacent to an activating group) is 2. The van der Waals surface area contributed by atoms with Crippen molar-refractivity contribution in [3.05, 3.63) is 0 Å². The van der Waals surface area contributed by atoms with Gasteiger partial charge < -0.3 is 10.2 Å². The summed E-state index contributed by atoms with van der Waals surface area (Å²) in [6.07, 6.45) is 1.30. The third kappa shape index (κ3) is 7.80. The van der Waals surface area contributed by atoms with Crippen molar-refractivity contribution in [3.63, 3.8) is 0 Å². The second-order valence-corrected chi connectivity index (χ2v) is 5.71. The van der Waals surface area contributed by atoms with Gasteiger partial charge in [-0.15, -0.1) is 0 Å². The Bertz CT molecular complexity index is 149. The Morgan fingerprint density at radius 1 is 1.20 bits per heavy atom. The molecular weight excluding hydrogens is 184 g/mol. The molecule has 92 valence electrons. The second-order valence-electron chi connectivity index (χ2n) is 5.71. The summed E-state index contributed by atoms with van der Waals surface area (Å²) in [7, 11) is 2.22. The molecule has 0 spiro atoms. The highest BCUT2D eigenvalue weighted by Crippen LogP contribution is 2.27. The summed E-state index contributed by atoms with van der Waals surface area (Å²) in [6.45, 7) is 16.1. The summed E-state index contributed by atoms with van der Waals surface area (Å²) in [5.74, 6) is 0.791. The highest BCUT2D eigenvalue weighted by atomic mass is 15.1. The van der Waals surface area contributed by atoms with Crippen molar-refractivity contribution in [2.75, 3.05) is 33.2 Å². The van der Waals surface area contributed by atoms with Crippen molar-refractivity contribution in [1.82, 2.24) is 10.2 Å². The summed E-state index contributed by atoms with van der Waals surface area (Å²) in [5.41, 5.74) is 0.447. The maximum absolute atomic E-state index is 3.36. The lowest BCUT2D eigenvalue weighted by Gasteiger charge is -2.29. The lowest BCUT2D eigenvalue weighted by atomic mass is 9.80. The molecule has 0 aliphatic carbocycles. The second kappa shape index (κ2) is 7.24. The molecule has 1 atom stereocenters. The molecule has 0 bridgehead atoms. The van der Waals surface area contributed by atoms with E-state index in [4.69, 9.17) is 0 Å². The van der Waals surface area contributed by atoms with Gasteiger partial charge in [-0.25, -0.2) is 0 Å². The molecule has 0 saturated carbocycles. The first-order valence-electron chi connectivity index (χ1n) is 6.27. The third-order valence-electron chi connectivity index (χ3n) is 3.34. The standard InChI is InChI=1S/C13H30N2/c1-7-14-9-11-15(6)10-8-12(2)13(3,4)5/h12,14H,7-11H2,1-6H3. The number of nitrogens with zero attached hydrogens (tertiary/aromatic N) is 1. The van der Waals surface area contributed by atoms with E-state index in [0.29, 0.717) is 5.41 Å². The first-order chi connectivity index (χ1) is 6.88. The molecule has 0 saturated heterocycles. The van der Waals surface area contributed by atoms with Gasteiger partial charge in [-0.05, 0) is 37.9 Å². The summed E-state index contributed by atoms with van der Waals surface area (Å²) < 4.78 is 0. The van der Waals surface area contributed by atoms with Crippen molar-refractivity contribution >= 4 is 0 Å². The molecule has 0 rings (SSSR count). The number of hydrogen-bond acceptors (Lipinski definition) is 2. The zero-order valence-corrected chi connectivity index (χ0v) is 11.6. The average Bonchev–Trinajstić information content (AvgIpc) is 2.13. The predicted molar refractivity (Wildman–Crippen MR) is 69.3 cm³/mol. The van der Waals surface area contributed by atoms with Gasteiger partial charge in [0.05, 0.1) is 0 Å². The predicted octanol–water partition coefficient (Wildman–Crippen LogP) is 2.60. The summed E-state index contributed by atoms with van der Waals surface area (Å²) in [5, 5.41) is 3.36. The normalized spacial score (nSPS) is 14.6. The van der Waals surface area contributed by atoms with E-state index in [1.165, 1.54) is 13.0 Å². The van der Waals surface area contributed by atoms with Crippen LogP contribution in [0.5, 0.6) is 0 Å². The Labute approximate surface area is 96.4 Å². The lowest BCUT2D eigenvalue weighted by molar-refractivity contribution is 0.212. The van der Waals surface area contributed by atoms with E-state index in [1.807, 2.05) is 0 Å². The van der Waals surface area contributed by atoms with Gasteiger partial charge in [-0.3, -0.25) is 0 Å². The van der Waals surface area contributed by atoms with Crippen LogP contribution in [-0.4, -0.2) is 38.1 Å². The minimum atomic E-state index is 0.447. The molecule has 2 heteroatoms. The maximum Gasteiger partial charge on any atom is 0.0104 e. The van der Waals surface area contributed by atoms with Crippen molar-refractivity contribution < 1.29 is 0 Å². The van der Waals surface area contributed by atoms with Gasteiger partial charge >= 0.3 is 0 Å². The topological polar surface area (TPSA) is 15.3 Å². The van der Waals surface area contributed by atoms with Crippen LogP contribution >= 0.6 is 0 Å². The molecular formula is C13H30N2. The van der Waals surface area contributed by atoms with E-state index in [1.54, 1.807) is 0 Å². The summed E-state index contributed by atoms with van der Waals surface area (Å²) >= 11 is 0. The van der Waals surface area contributed by atoms with Crippen LogP contribution in [0.25, 0.3) is 0 Å². The molecule has 0 heterocycles. The summed E-state index contributed by atoms with van der Waals surface area (Å²) in [4.78, 5) is 2.42. The largest absolute Gasteiger partial charge is 0.316 e. The minimum absolute atomic E-state index is 0.447. The fourth-order valence-electron chi connectivity index (χ4n) is 1.41. The highest BCUT2D eigenvalue weighted by Gasteiger charge is 2.19. The molecule has 0 aliphatic heterocycles. The van der Waals surface area contributed by atoms with Gasteiger partial charge in [0.2, 0.25) is 0 Å². The van der Waals surface area contributed by atoms with Crippen molar-refractivity contribution in [2.45, 2.75) is 41.0 Å². The fraction of sp³-hybridized carbons (Fsp3) is 1.00. The molecule has 1 unspecified atom stereocenters. The van der Waals surface area contributed by atoms with Crippen LogP contribution in [-0.2, 0) is 0 Å². The first kappa shape index (κ1) is 14.9. The molecule has 1 N–H and O–H groups in total. The summed E-state index contributed by atoms with van der Waals surface area (Å²) in [6, 6.07) is 0. The highest BCUT2D eigenvalue weighted by molar-refractivity contribution is 4.71. The van der Waals surface area contributed by atoms with Crippen LogP contribution < -0.4 is 5.32 Å². The Hall–Kier alpha value is -0.0800. The number of nitrogens with one attached hydrogen (secondary N) is 1. The SMILES string of the molecule is CCNCCN(C)CCC(C)C(C)(C)C. The molecule has 0 fully saturated rings. The van der Waals surface area contributed by atoms with Crippen molar-refractivity contribution in [2.24, 2.45) is 11.3 Å². The van der Waals surface area contributed by atoms with Gasteiger partial charge in [0.1, 0.15) is 0 Å². The van der Waals surface area contributed by atoms with Crippen LogP contribution in [0.3, 0.4) is 0 Å². The van der Waals surface area contributed by atoms with Crippen LogP contribution in [0.15, 0.2) is 0 Å². The van der Waals surface area contributed by atoms with Gasteiger partial charge in [0, 0.05) is 13.1 Å².